The maximum atomic E-state index is 10.1. The van der Waals surface area contributed by atoms with Gasteiger partial charge in [0.05, 0.1) is 17.9 Å². The van der Waals surface area contributed by atoms with Crippen molar-refractivity contribution in [3.8, 4) is 0 Å². The highest BCUT2D eigenvalue weighted by Gasteiger charge is 2.16. The molecule has 3 unspecified atom stereocenters. The van der Waals surface area contributed by atoms with Gasteiger partial charge in [0.1, 0.15) is 0 Å². The van der Waals surface area contributed by atoms with E-state index in [1.807, 2.05) is 16.9 Å². The number of rotatable bonds is 7. The fraction of sp³-hybridized carbons (Fsp3) is 0.812. The zero-order valence-corrected chi connectivity index (χ0v) is 12.8. The van der Waals surface area contributed by atoms with Gasteiger partial charge in [-0.3, -0.25) is 4.68 Å². The molecule has 1 aromatic rings. The van der Waals surface area contributed by atoms with Gasteiger partial charge in [0.25, 0.3) is 0 Å². The molecular formula is C16H28N2O2. The van der Waals surface area contributed by atoms with Crippen LogP contribution in [0.25, 0.3) is 0 Å². The van der Waals surface area contributed by atoms with Crippen molar-refractivity contribution in [3.63, 3.8) is 0 Å². The highest BCUT2D eigenvalue weighted by Crippen LogP contribution is 2.19. The van der Waals surface area contributed by atoms with Gasteiger partial charge in [-0.1, -0.05) is 6.92 Å². The average Bonchev–Trinajstić information content (AvgIpc) is 2.94. The van der Waals surface area contributed by atoms with Crippen molar-refractivity contribution in [2.75, 3.05) is 6.61 Å². The first-order chi connectivity index (χ1) is 9.69. The molecule has 1 saturated heterocycles. The SMILES string of the molecule is CCC(C)n1ccc(CC(O)CCC2CCCCO2)n1. The van der Waals surface area contributed by atoms with Gasteiger partial charge in [-0.05, 0) is 51.5 Å². The van der Waals surface area contributed by atoms with Crippen LogP contribution in [-0.2, 0) is 11.2 Å². The summed E-state index contributed by atoms with van der Waals surface area (Å²) in [4.78, 5) is 0. The summed E-state index contributed by atoms with van der Waals surface area (Å²) >= 11 is 0. The lowest BCUT2D eigenvalue weighted by Crippen LogP contribution is -2.22. The van der Waals surface area contributed by atoms with Gasteiger partial charge >= 0.3 is 0 Å². The minimum absolute atomic E-state index is 0.305. The zero-order valence-electron chi connectivity index (χ0n) is 12.8. The predicted molar refractivity (Wildman–Crippen MR) is 79.8 cm³/mol. The zero-order chi connectivity index (χ0) is 14.4. The second-order valence-electron chi connectivity index (χ2n) is 5.97. The second-order valence-corrected chi connectivity index (χ2v) is 5.97. The number of nitrogens with zero attached hydrogens (tertiary/aromatic N) is 2. The van der Waals surface area contributed by atoms with Crippen molar-refractivity contribution in [1.29, 1.82) is 0 Å². The Morgan fingerprint density at radius 1 is 1.50 bits per heavy atom. The first-order valence-corrected chi connectivity index (χ1v) is 8.02. The summed E-state index contributed by atoms with van der Waals surface area (Å²) in [6.45, 7) is 5.21. The van der Waals surface area contributed by atoms with E-state index in [9.17, 15) is 5.11 Å². The van der Waals surface area contributed by atoms with Crippen molar-refractivity contribution in [1.82, 2.24) is 9.78 Å². The van der Waals surface area contributed by atoms with Gasteiger partial charge in [0, 0.05) is 25.3 Å². The number of aliphatic hydroxyl groups is 1. The molecule has 3 atom stereocenters. The number of hydrogen-bond donors (Lipinski definition) is 1. The third kappa shape index (κ3) is 4.60. The summed E-state index contributed by atoms with van der Waals surface area (Å²) in [5, 5.41) is 14.7. The van der Waals surface area contributed by atoms with Crippen LogP contribution in [0.2, 0.25) is 0 Å². The summed E-state index contributed by atoms with van der Waals surface area (Å²) < 4.78 is 7.69. The largest absolute Gasteiger partial charge is 0.393 e. The van der Waals surface area contributed by atoms with Crippen molar-refractivity contribution >= 4 is 0 Å². The first kappa shape index (κ1) is 15.5. The van der Waals surface area contributed by atoms with E-state index in [2.05, 4.69) is 18.9 Å². The molecule has 2 rings (SSSR count). The monoisotopic (exact) mass is 280 g/mol. The van der Waals surface area contributed by atoms with Crippen LogP contribution in [-0.4, -0.2) is 33.7 Å². The molecule has 0 radical (unpaired) electrons. The number of aromatic nitrogens is 2. The minimum Gasteiger partial charge on any atom is -0.393 e. The molecule has 4 nitrogen and oxygen atoms in total. The molecule has 114 valence electrons. The number of hydrogen-bond acceptors (Lipinski definition) is 3. The second kappa shape index (κ2) is 7.79. The van der Waals surface area contributed by atoms with Gasteiger partial charge in [-0.25, -0.2) is 0 Å². The summed E-state index contributed by atoms with van der Waals surface area (Å²) in [6.07, 6.45) is 9.16. The van der Waals surface area contributed by atoms with Crippen molar-refractivity contribution in [2.45, 2.75) is 77.0 Å². The topological polar surface area (TPSA) is 47.3 Å². The highest BCUT2D eigenvalue weighted by molar-refractivity contribution is 5.01. The highest BCUT2D eigenvalue weighted by atomic mass is 16.5. The van der Waals surface area contributed by atoms with Crippen LogP contribution in [0.1, 0.15) is 64.1 Å². The van der Waals surface area contributed by atoms with Crippen molar-refractivity contribution in [2.24, 2.45) is 0 Å². The molecule has 0 bridgehead atoms. The molecule has 4 heteroatoms. The van der Waals surface area contributed by atoms with E-state index in [4.69, 9.17) is 4.74 Å². The standard InChI is InChI=1S/C16H28N2O2/c1-3-13(2)18-10-9-14(17-18)12-15(19)7-8-16-6-4-5-11-20-16/h9-10,13,15-16,19H,3-8,11-12H2,1-2H3. The van der Waals surface area contributed by atoms with Gasteiger partial charge in [0.15, 0.2) is 0 Å². The molecule has 0 amide bonds. The number of aliphatic hydroxyl groups excluding tert-OH is 1. The Labute approximate surface area is 122 Å². The average molecular weight is 280 g/mol. The molecule has 0 spiro atoms. The Hall–Kier alpha value is -0.870. The predicted octanol–water partition coefficient (Wildman–Crippen LogP) is 3.11. The van der Waals surface area contributed by atoms with Gasteiger partial charge in [-0.2, -0.15) is 5.10 Å². The van der Waals surface area contributed by atoms with E-state index >= 15 is 0 Å². The Kier molecular flexibility index (Phi) is 6.05. The number of ether oxygens (including phenoxy) is 1. The van der Waals surface area contributed by atoms with Gasteiger partial charge in [-0.15, -0.1) is 0 Å². The summed E-state index contributed by atoms with van der Waals surface area (Å²) in [5.74, 6) is 0. The Balaban J connectivity index is 1.73. The third-order valence-electron chi connectivity index (χ3n) is 4.25. The van der Waals surface area contributed by atoms with E-state index in [0.29, 0.717) is 18.6 Å². The van der Waals surface area contributed by atoms with Gasteiger partial charge in [0.2, 0.25) is 0 Å². The molecule has 0 aliphatic carbocycles. The van der Waals surface area contributed by atoms with Crippen LogP contribution in [0.5, 0.6) is 0 Å². The summed E-state index contributed by atoms with van der Waals surface area (Å²) in [7, 11) is 0. The summed E-state index contributed by atoms with van der Waals surface area (Å²) in [5.41, 5.74) is 0.988. The lowest BCUT2D eigenvalue weighted by molar-refractivity contribution is 0.00227. The van der Waals surface area contributed by atoms with E-state index in [1.54, 1.807) is 0 Å². The molecule has 0 aromatic carbocycles. The fourth-order valence-electron chi connectivity index (χ4n) is 2.68. The lowest BCUT2D eigenvalue weighted by atomic mass is 10.0. The summed E-state index contributed by atoms with van der Waals surface area (Å²) in [6, 6.07) is 2.45. The van der Waals surface area contributed by atoms with Crippen LogP contribution < -0.4 is 0 Å². The van der Waals surface area contributed by atoms with Crippen LogP contribution >= 0.6 is 0 Å². The molecule has 1 fully saturated rings. The van der Waals surface area contributed by atoms with Crippen LogP contribution in [0.4, 0.5) is 0 Å². The molecule has 2 heterocycles. The van der Waals surface area contributed by atoms with E-state index in [0.717, 1.165) is 38.0 Å². The van der Waals surface area contributed by atoms with Crippen LogP contribution in [0.15, 0.2) is 12.3 Å². The van der Waals surface area contributed by atoms with E-state index in [1.165, 1.54) is 12.8 Å². The molecule has 1 aliphatic heterocycles. The third-order valence-corrected chi connectivity index (χ3v) is 4.25. The quantitative estimate of drug-likeness (QED) is 0.835. The fourth-order valence-corrected chi connectivity index (χ4v) is 2.68. The maximum absolute atomic E-state index is 10.1. The van der Waals surface area contributed by atoms with E-state index < -0.39 is 0 Å². The molecular weight excluding hydrogens is 252 g/mol. The van der Waals surface area contributed by atoms with Gasteiger partial charge < -0.3 is 9.84 Å². The molecule has 1 aromatic heterocycles. The van der Waals surface area contributed by atoms with Crippen molar-refractivity contribution < 1.29 is 9.84 Å². The molecule has 1 N–H and O–H groups in total. The van der Waals surface area contributed by atoms with E-state index in [-0.39, 0.29) is 6.10 Å². The normalized spacial score (nSPS) is 22.6. The minimum atomic E-state index is -0.305. The van der Waals surface area contributed by atoms with Crippen molar-refractivity contribution in [3.05, 3.63) is 18.0 Å². The van der Waals surface area contributed by atoms with Crippen LogP contribution in [0.3, 0.4) is 0 Å². The molecule has 20 heavy (non-hydrogen) atoms. The maximum Gasteiger partial charge on any atom is 0.0650 e. The Morgan fingerprint density at radius 3 is 3.05 bits per heavy atom. The smallest absolute Gasteiger partial charge is 0.0650 e. The molecule has 0 saturated carbocycles. The Bertz CT molecular complexity index is 386. The van der Waals surface area contributed by atoms with Crippen LogP contribution in [0, 0.1) is 0 Å². The Morgan fingerprint density at radius 2 is 2.35 bits per heavy atom. The molecule has 1 aliphatic rings. The lowest BCUT2D eigenvalue weighted by Gasteiger charge is -2.23. The first-order valence-electron chi connectivity index (χ1n) is 8.02.